The van der Waals surface area contributed by atoms with Gasteiger partial charge >= 0.3 is 6.09 Å². The van der Waals surface area contributed by atoms with E-state index in [9.17, 15) is 9.59 Å². The predicted octanol–water partition coefficient (Wildman–Crippen LogP) is 1.24. The Morgan fingerprint density at radius 1 is 1.35 bits per heavy atom. The van der Waals surface area contributed by atoms with Crippen molar-refractivity contribution in [1.29, 1.82) is 0 Å². The molecule has 98 valence electrons. The van der Waals surface area contributed by atoms with Crippen molar-refractivity contribution < 1.29 is 14.3 Å². The highest BCUT2D eigenvalue weighted by Crippen LogP contribution is 2.18. The molecule has 1 rings (SSSR count). The van der Waals surface area contributed by atoms with Crippen molar-refractivity contribution in [1.82, 2.24) is 10.2 Å². The van der Waals surface area contributed by atoms with Gasteiger partial charge in [-0.05, 0) is 12.3 Å². The Bertz CT molecular complexity index is 291. The van der Waals surface area contributed by atoms with Crippen LogP contribution in [0, 0.1) is 11.8 Å². The minimum Gasteiger partial charge on any atom is -0.453 e. The lowest BCUT2D eigenvalue weighted by Crippen LogP contribution is -2.52. The van der Waals surface area contributed by atoms with Crippen molar-refractivity contribution in [2.24, 2.45) is 11.8 Å². The van der Waals surface area contributed by atoms with Crippen LogP contribution in [-0.4, -0.2) is 43.1 Å². The number of amides is 2. The molecule has 1 N–H and O–H groups in total. The fraction of sp³-hybridized carbons (Fsp3) is 0.833. The summed E-state index contributed by atoms with van der Waals surface area (Å²) in [6.45, 7) is 7.23. The molecule has 0 radical (unpaired) electrons. The van der Waals surface area contributed by atoms with E-state index in [2.05, 4.69) is 17.0 Å². The van der Waals surface area contributed by atoms with Crippen LogP contribution in [0.2, 0.25) is 0 Å². The number of hydrogen-bond acceptors (Lipinski definition) is 3. The van der Waals surface area contributed by atoms with E-state index in [1.807, 2.05) is 18.7 Å². The molecular weight excluding hydrogens is 220 g/mol. The molecule has 1 heterocycles. The summed E-state index contributed by atoms with van der Waals surface area (Å²) in [5, 5.41) is 2.77. The molecule has 5 nitrogen and oxygen atoms in total. The maximum Gasteiger partial charge on any atom is 0.407 e. The zero-order valence-electron chi connectivity index (χ0n) is 11.0. The van der Waals surface area contributed by atoms with Crippen molar-refractivity contribution in [2.75, 3.05) is 20.2 Å². The SMILES string of the molecule is COC(=O)NC1CC(C)CN(C(=O)C(C)C)C1. The summed E-state index contributed by atoms with van der Waals surface area (Å²) in [6, 6.07) is -0.00565. The number of ether oxygens (including phenoxy) is 1. The molecule has 0 saturated carbocycles. The Morgan fingerprint density at radius 2 is 2.00 bits per heavy atom. The van der Waals surface area contributed by atoms with E-state index in [-0.39, 0.29) is 17.9 Å². The van der Waals surface area contributed by atoms with E-state index in [0.717, 1.165) is 13.0 Å². The van der Waals surface area contributed by atoms with Crippen LogP contribution in [0.4, 0.5) is 4.79 Å². The molecule has 5 heteroatoms. The number of carbonyl (C=O) groups is 2. The van der Waals surface area contributed by atoms with Crippen molar-refractivity contribution >= 4 is 12.0 Å². The summed E-state index contributed by atoms with van der Waals surface area (Å²) in [7, 11) is 1.35. The fourth-order valence-corrected chi connectivity index (χ4v) is 2.23. The van der Waals surface area contributed by atoms with Crippen molar-refractivity contribution in [3.05, 3.63) is 0 Å². The highest BCUT2D eigenvalue weighted by atomic mass is 16.5. The lowest BCUT2D eigenvalue weighted by Gasteiger charge is -2.37. The first-order valence-electron chi connectivity index (χ1n) is 6.07. The van der Waals surface area contributed by atoms with Crippen LogP contribution in [0.15, 0.2) is 0 Å². The van der Waals surface area contributed by atoms with E-state index < -0.39 is 6.09 Å². The van der Waals surface area contributed by atoms with Gasteiger partial charge in [0.15, 0.2) is 0 Å². The Morgan fingerprint density at radius 3 is 2.53 bits per heavy atom. The monoisotopic (exact) mass is 242 g/mol. The third-order valence-electron chi connectivity index (χ3n) is 2.97. The number of hydrogen-bond donors (Lipinski definition) is 1. The second-order valence-electron chi connectivity index (χ2n) is 5.07. The summed E-state index contributed by atoms with van der Waals surface area (Å²) in [4.78, 5) is 24.9. The van der Waals surface area contributed by atoms with Gasteiger partial charge in [-0.1, -0.05) is 20.8 Å². The van der Waals surface area contributed by atoms with Crippen LogP contribution in [-0.2, 0) is 9.53 Å². The van der Waals surface area contributed by atoms with Gasteiger partial charge in [0.25, 0.3) is 0 Å². The molecule has 1 saturated heterocycles. The van der Waals surface area contributed by atoms with Crippen LogP contribution in [0.1, 0.15) is 27.2 Å². The summed E-state index contributed by atoms with van der Waals surface area (Å²) in [5.74, 6) is 0.542. The zero-order valence-corrected chi connectivity index (χ0v) is 11.0. The molecule has 0 bridgehead atoms. The number of nitrogens with zero attached hydrogens (tertiary/aromatic N) is 1. The summed E-state index contributed by atoms with van der Waals surface area (Å²) < 4.78 is 4.58. The van der Waals surface area contributed by atoms with Gasteiger partial charge in [0.05, 0.1) is 13.2 Å². The van der Waals surface area contributed by atoms with Crippen molar-refractivity contribution in [2.45, 2.75) is 33.2 Å². The molecule has 0 spiro atoms. The molecule has 2 atom stereocenters. The van der Waals surface area contributed by atoms with Crippen molar-refractivity contribution in [3.63, 3.8) is 0 Å². The minimum atomic E-state index is -0.430. The first-order valence-corrected chi connectivity index (χ1v) is 6.07. The molecule has 1 aliphatic heterocycles. The summed E-state index contributed by atoms with van der Waals surface area (Å²) in [5.41, 5.74) is 0. The number of rotatable bonds is 2. The second-order valence-corrected chi connectivity index (χ2v) is 5.07. The second kappa shape index (κ2) is 5.89. The highest BCUT2D eigenvalue weighted by molar-refractivity contribution is 5.78. The van der Waals surface area contributed by atoms with E-state index >= 15 is 0 Å². The Labute approximate surface area is 102 Å². The quantitative estimate of drug-likeness (QED) is 0.792. The van der Waals surface area contributed by atoms with Gasteiger partial charge in [-0.25, -0.2) is 4.79 Å². The smallest absolute Gasteiger partial charge is 0.407 e. The Hall–Kier alpha value is -1.26. The standard InChI is InChI=1S/C12H22N2O3/c1-8(2)11(15)14-6-9(3)5-10(7-14)13-12(16)17-4/h8-10H,5-7H2,1-4H3,(H,13,16). The van der Waals surface area contributed by atoms with Gasteiger partial charge in [0, 0.05) is 19.0 Å². The molecule has 2 amide bonds. The van der Waals surface area contributed by atoms with E-state index in [4.69, 9.17) is 0 Å². The first-order chi connectivity index (χ1) is 7.93. The molecular formula is C12H22N2O3. The molecule has 1 aliphatic rings. The topological polar surface area (TPSA) is 58.6 Å². The largest absolute Gasteiger partial charge is 0.453 e. The van der Waals surface area contributed by atoms with E-state index in [1.165, 1.54) is 7.11 Å². The number of alkyl carbamates (subject to hydrolysis) is 1. The predicted molar refractivity (Wildman–Crippen MR) is 64.5 cm³/mol. The average Bonchev–Trinajstić information content (AvgIpc) is 2.26. The normalized spacial score (nSPS) is 24.6. The van der Waals surface area contributed by atoms with Crippen LogP contribution < -0.4 is 5.32 Å². The van der Waals surface area contributed by atoms with Gasteiger partial charge in [-0.3, -0.25) is 4.79 Å². The summed E-state index contributed by atoms with van der Waals surface area (Å²) in [6.07, 6.45) is 0.456. The number of carbonyl (C=O) groups excluding carboxylic acids is 2. The maximum absolute atomic E-state index is 11.9. The van der Waals surface area contributed by atoms with Crippen LogP contribution in [0.3, 0.4) is 0 Å². The lowest BCUT2D eigenvalue weighted by atomic mass is 9.95. The van der Waals surface area contributed by atoms with Crippen LogP contribution >= 0.6 is 0 Å². The number of likely N-dealkylation sites (tertiary alicyclic amines) is 1. The van der Waals surface area contributed by atoms with Gasteiger partial charge in [0.2, 0.25) is 5.91 Å². The number of nitrogens with one attached hydrogen (secondary N) is 1. The van der Waals surface area contributed by atoms with E-state index in [0.29, 0.717) is 12.5 Å². The van der Waals surface area contributed by atoms with Gasteiger partial charge in [-0.2, -0.15) is 0 Å². The third-order valence-corrected chi connectivity index (χ3v) is 2.97. The minimum absolute atomic E-state index is 0.000855. The number of methoxy groups -OCH3 is 1. The lowest BCUT2D eigenvalue weighted by molar-refractivity contribution is -0.136. The molecule has 0 aliphatic carbocycles. The molecule has 0 aromatic carbocycles. The van der Waals surface area contributed by atoms with Crippen molar-refractivity contribution in [3.8, 4) is 0 Å². The van der Waals surface area contributed by atoms with Crippen LogP contribution in [0.25, 0.3) is 0 Å². The van der Waals surface area contributed by atoms with Gasteiger partial charge < -0.3 is 15.0 Å². The van der Waals surface area contributed by atoms with E-state index in [1.54, 1.807) is 0 Å². The third kappa shape index (κ3) is 3.91. The molecule has 2 unspecified atom stereocenters. The Balaban J connectivity index is 2.59. The highest BCUT2D eigenvalue weighted by Gasteiger charge is 2.29. The molecule has 0 aromatic rings. The fourth-order valence-electron chi connectivity index (χ4n) is 2.23. The number of piperidine rings is 1. The average molecular weight is 242 g/mol. The van der Waals surface area contributed by atoms with Crippen LogP contribution in [0.5, 0.6) is 0 Å². The maximum atomic E-state index is 11.9. The molecule has 17 heavy (non-hydrogen) atoms. The molecule has 1 fully saturated rings. The Kier molecular flexibility index (Phi) is 4.78. The van der Waals surface area contributed by atoms with Gasteiger partial charge in [0.1, 0.15) is 0 Å². The zero-order chi connectivity index (χ0) is 13.0. The van der Waals surface area contributed by atoms with Gasteiger partial charge in [-0.15, -0.1) is 0 Å². The first kappa shape index (κ1) is 13.8. The molecule has 0 aromatic heterocycles. The summed E-state index contributed by atoms with van der Waals surface area (Å²) >= 11 is 0.